The molecule has 0 aliphatic heterocycles. The van der Waals surface area contributed by atoms with E-state index in [1.165, 1.54) is 22.8 Å². The van der Waals surface area contributed by atoms with E-state index in [9.17, 15) is 9.90 Å². The standard InChI is InChI=1S/C25H32N2O2.C2H6/c1-5-19-8-7-18(14-20(19)6-2)13-17(4)26-15-16(3)21-9-11-23(28)25-22(21)10-12-24(29)27-25;1-2/h7-12,14,16-17,26,28H,5-6,13,15H2,1-4H3,(H,27,29);1-2H3/t16-,17?;/m0./s1. The van der Waals surface area contributed by atoms with Gasteiger partial charge in [0.1, 0.15) is 5.75 Å². The second kappa shape index (κ2) is 11.7. The summed E-state index contributed by atoms with van der Waals surface area (Å²) < 4.78 is 0. The second-order valence-corrected chi connectivity index (χ2v) is 8.01. The van der Waals surface area contributed by atoms with E-state index in [2.05, 4.69) is 56.2 Å². The monoisotopic (exact) mass is 422 g/mol. The summed E-state index contributed by atoms with van der Waals surface area (Å²) in [6, 6.07) is 14.2. The van der Waals surface area contributed by atoms with Gasteiger partial charge >= 0.3 is 0 Å². The molecule has 4 heteroatoms. The SMILES string of the molecule is CC.CCc1ccc(CC(C)NC[C@H](C)c2ccc(O)c3[nH]c(=O)ccc23)cc1CC. The van der Waals surface area contributed by atoms with Gasteiger partial charge in [-0.3, -0.25) is 4.79 Å². The molecule has 3 aromatic rings. The molecule has 4 nitrogen and oxygen atoms in total. The van der Waals surface area contributed by atoms with Crippen LogP contribution in [-0.4, -0.2) is 22.7 Å². The lowest BCUT2D eigenvalue weighted by Crippen LogP contribution is -2.31. The van der Waals surface area contributed by atoms with Crippen LogP contribution in [-0.2, 0) is 19.3 Å². The molecule has 168 valence electrons. The first kappa shape index (κ1) is 24.7. The minimum Gasteiger partial charge on any atom is -0.506 e. The first-order valence-corrected chi connectivity index (χ1v) is 11.6. The highest BCUT2D eigenvalue weighted by molar-refractivity contribution is 5.87. The molecule has 3 N–H and O–H groups in total. The van der Waals surface area contributed by atoms with Gasteiger partial charge in [-0.05, 0) is 66.5 Å². The highest BCUT2D eigenvalue weighted by atomic mass is 16.3. The molecule has 3 rings (SSSR count). The van der Waals surface area contributed by atoms with E-state index in [1.54, 1.807) is 12.1 Å². The molecule has 1 heterocycles. The van der Waals surface area contributed by atoms with E-state index < -0.39 is 0 Å². The predicted molar refractivity (Wildman–Crippen MR) is 132 cm³/mol. The molecule has 0 saturated heterocycles. The van der Waals surface area contributed by atoms with Crippen LogP contribution in [0.5, 0.6) is 5.75 Å². The number of phenols is 1. The van der Waals surface area contributed by atoms with Crippen molar-refractivity contribution in [2.45, 2.75) is 72.8 Å². The Morgan fingerprint density at radius 1 is 0.968 bits per heavy atom. The first-order chi connectivity index (χ1) is 14.9. The molecule has 0 saturated carbocycles. The van der Waals surface area contributed by atoms with Crippen molar-refractivity contribution in [1.82, 2.24) is 10.3 Å². The van der Waals surface area contributed by atoms with Crippen LogP contribution in [0, 0.1) is 0 Å². The van der Waals surface area contributed by atoms with E-state index in [1.807, 2.05) is 19.9 Å². The van der Waals surface area contributed by atoms with Crippen LogP contribution in [0.25, 0.3) is 10.9 Å². The van der Waals surface area contributed by atoms with Crippen molar-refractivity contribution in [3.63, 3.8) is 0 Å². The Hall–Kier alpha value is -2.59. The van der Waals surface area contributed by atoms with Crippen molar-refractivity contribution in [3.05, 3.63) is 75.1 Å². The fourth-order valence-electron chi connectivity index (χ4n) is 4.08. The summed E-state index contributed by atoms with van der Waals surface area (Å²) in [5, 5.41) is 14.6. The predicted octanol–water partition coefficient (Wildman–Crippen LogP) is 5.71. The van der Waals surface area contributed by atoms with Crippen LogP contribution in [0.3, 0.4) is 0 Å². The van der Waals surface area contributed by atoms with Crippen molar-refractivity contribution in [3.8, 4) is 5.75 Å². The van der Waals surface area contributed by atoms with Crippen molar-refractivity contribution >= 4 is 10.9 Å². The number of aromatic amines is 1. The maximum absolute atomic E-state index is 11.6. The second-order valence-electron chi connectivity index (χ2n) is 8.01. The molecule has 1 aromatic heterocycles. The van der Waals surface area contributed by atoms with Crippen LogP contribution < -0.4 is 10.9 Å². The van der Waals surface area contributed by atoms with E-state index >= 15 is 0 Å². The lowest BCUT2D eigenvalue weighted by Gasteiger charge is -2.20. The van der Waals surface area contributed by atoms with Gasteiger partial charge in [0.05, 0.1) is 5.52 Å². The third-order valence-corrected chi connectivity index (χ3v) is 5.78. The number of aromatic hydroxyl groups is 1. The lowest BCUT2D eigenvalue weighted by molar-refractivity contribution is 0.479. The molecule has 0 radical (unpaired) electrons. The van der Waals surface area contributed by atoms with Gasteiger partial charge in [0, 0.05) is 24.0 Å². The van der Waals surface area contributed by atoms with Gasteiger partial charge in [0.15, 0.2) is 0 Å². The number of hydrogen-bond donors (Lipinski definition) is 3. The van der Waals surface area contributed by atoms with Gasteiger partial charge < -0.3 is 15.4 Å². The molecule has 0 bridgehead atoms. The third kappa shape index (κ3) is 6.20. The molecule has 1 unspecified atom stereocenters. The Kier molecular flexibility index (Phi) is 9.32. The molecular formula is C27H38N2O2. The van der Waals surface area contributed by atoms with E-state index in [4.69, 9.17) is 0 Å². The number of hydrogen-bond acceptors (Lipinski definition) is 3. The molecular weight excluding hydrogens is 384 g/mol. The first-order valence-electron chi connectivity index (χ1n) is 11.6. The Balaban J connectivity index is 0.00000166. The number of fused-ring (bicyclic) bond motifs is 1. The summed E-state index contributed by atoms with van der Waals surface area (Å²) in [6.07, 6.45) is 3.15. The number of rotatable bonds is 8. The molecule has 2 atom stereocenters. The maximum atomic E-state index is 11.6. The average molecular weight is 423 g/mol. The van der Waals surface area contributed by atoms with Crippen molar-refractivity contribution < 1.29 is 5.11 Å². The fourth-order valence-corrected chi connectivity index (χ4v) is 4.08. The Morgan fingerprint density at radius 3 is 2.35 bits per heavy atom. The zero-order valence-electron chi connectivity index (χ0n) is 19.9. The summed E-state index contributed by atoms with van der Waals surface area (Å²) in [6.45, 7) is 13.6. The van der Waals surface area contributed by atoms with Gasteiger partial charge in [0.25, 0.3) is 0 Å². The fraction of sp³-hybridized carbons (Fsp3) is 0.444. The molecule has 0 spiro atoms. The molecule has 0 aliphatic carbocycles. The topological polar surface area (TPSA) is 65.1 Å². The van der Waals surface area contributed by atoms with Crippen molar-refractivity contribution in [1.29, 1.82) is 0 Å². The van der Waals surface area contributed by atoms with Gasteiger partial charge in [-0.2, -0.15) is 0 Å². The Labute approximate surface area is 186 Å². The zero-order valence-corrected chi connectivity index (χ0v) is 19.9. The molecule has 0 aliphatic rings. The van der Waals surface area contributed by atoms with Crippen LogP contribution in [0.4, 0.5) is 0 Å². The molecule has 0 amide bonds. The van der Waals surface area contributed by atoms with Gasteiger partial charge in [-0.25, -0.2) is 0 Å². The molecule has 0 fully saturated rings. The highest BCUT2D eigenvalue weighted by Crippen LogP contribution is 2.29. The van der Waals surface area contributed by atoms with Gasteiger partial charge in [-0.15, -0.1) is 0 Å². The van der Waals surface area contributed by atoms with Crippen LogP contribution in [0.1, 0.15) is 69.7 Å². The van der Waals surface area contributed by atoms with Gasteiger partial charge in [-0.1, -0.05) is 58.9 Å². The summed E-state index contributed by atoms with van der Waals surface area (Å²) in [4.78, 5) is 14.4. The number of pyridine rings is 1. The van der Waals surface area contributed by atoms with Crippen LogP contribution in [0.15, 0.2) is 47.3 Å². The zero-order chi connectivity index (χ0) is 23.0. The molecule has 2 aromatic carbocycles. The minimum atomic E-state index is -0.204. The number of phenolic OH excluding ortho intramolecular Hbond substituents is 1. The van der Waals surface area contributed by atoms with Crippen molar-refractivity contribution in [2.75, 3.05) is 6.54 Å². The Morgan fingerprint density at radius 2 is 1.68 bits per heavy atom. The largest absolute Gasteiger partial charge is 0.506 e. The van der Waals surface area contributed by atoms with Gasteiger partial charge in [0.2, 0.25) is 5.56 Å². The normalized spacial score (nSPS) is 12.8. The quantitative estimate of drug-likeness (QED) is 0.436. The van der Waals surface area contributed by atoms with Crippen LogP contribution >= 0.6 is 0 Å². The number of aromatic nitrogens is 1. The highest BCUT2D eigenvalue weighted by Gasteiger charge is 2.14. The average Bonchev–Trinajstić information content (AvgIpc) is 2.79. The molecule has 31 heavy (non-hydrogen) atoms. The summed E-state index contributed by atoms with van der Waals surface area (Å²) >= 11 is 0. The lowest BCUT2D eigenvalue weighted by atomic mass is 9.95. The van der Waals surface area contributed by atoms with E-state index in [-0.39, 0.29) is 17.2 Å². The summed E-state index contributed by atoms with van der Waals surface area (Å²) in [7, 11) is 0. The number of benzene rings is 2. The van der Waals surface area contributed by atoms with E-state index in [0.29, 0.717) is 11.6 Å². The van der Waals surface area contributed by atoms with Crippen LogP contribution in [0.2, 0.25) is 0 Å². The number of nitrogens with one attached hydrogen (secondary N) is 2. The van der Waals surface area contributed by atoms with Crippen molar-refractivity contribution in [2.24, 2.45) is 0 Å². The summed E-state index contributed by atoms with van der Waals surface area (Å²) in [5.74, 6) is 0.359. The maximum Gasteiger partial charge on any atom is 0.248 e. The summed E-state index contributed by atoms with van der Waals surface area (Å²) in [5.41, 5.74) is 5.70. The number of H-pyrrole nitrogens is 1. The van der Waals surface area contributed by atoms with E-state index in [0.717, 1.165) is 36.8 Å². The minimum absolute atomic E-state index is 0.109. The Bertz CT molecular complexity index is 1040. The number of aryl methyl sites for hydroxylation is 2. The smallest absolute Gasteiger partial charge is 0.248 e. The third-order valence-electron chi connectivity index (χ3n) is 5.78.